The van der Waals surface area contributed by atoms with Crippen LogP contribution < -0.4 is 0 Å². The van der Waals surface area contributed by atoms with Crippen molar-refractivity contribution in [2.75, 3.05) is 14.2 Å². The van der Waals surface area contributed by atoms with Crippen molar-refractivity contribution >= 4 is 28.6 Å². The van der Waals surface area contributed by atoms with Crippen LogP contribution in [0.4, 0.5) is 0 Å². The highest BCUT2D eigenvalue weighted by Crippen LogP contribution is 2.27. The molecule has 1 aromatic heterocycles. The Labute approximate surface area is 134 Å². The van der Waals surface area contributed by atoms with Gasteiger partial charge in [0.2, 0.25) is 5.91 Å². The smallest absolute Gasteiger partial charge is 0.353 e. The van der Waals surface area contributed by atoms with Crippen molar-refractivity contribution in [2.24, 2.45) is 5.10 Å². The molecule has 0 spiro atoms. The first-order valence-electron chi connectivity index (χ1n) is 7.22. The second-order valence-electron chi connectivity index (χ2n) is 5.41. The highest BCUT2D eigenvalue weighted by atomic mass is 16.5. The standard InChI is InChI=1S/C17H20N2O4/c1-10-6-7-13-14(12(3)23-15(13)8-10)9-16(20)19(4)18-11(2)17(21)22-5/h6-8H,9H2,1-5H3. The third-order valence-corrected chi connectivity index (χ3v) is 3.62. The topological polar surface area (TPSA) is 72.1 Å². The Balaban J connectivity index is 2.24. The zero-order valence-corrected chi connectivity index (χ0v) is 14.0. The lowest BCUT2D eigenvalue weighted by Crippen LogP contribution is -2.26. The Hall–Kier alpha value is -2.63. The monoisotopic (exact) mass is 316 g/mol. The normalized spacial score (nSPS) is 11.6. The number of rotatable bonds is 4. The van der Waals surface area contributed by atoms with Gasteiger partial charge >= 0.3 is 5.97 Å². The second kappa shape index (κ2) is 6.64. The van der Waals surface area contributed by atoms with Gasteiger partial charge in [0.15, 0.2) is 0 Å². The van der Waals surface area contributed by atoms with Crippen LogP contribution in [-0.4, -0.2) is 36.8 Å². The van der Waals surface area contributed by atoms with E-state index < -0.39 is 5.97 Å². The van der Waals surface area contributed by atoms with E-state index in [1.165, 1.54) is 21.1 Å². The number of amides is 1. The first-order chi connectivity index (χ1) is 10.8. The number of methoxy groups -OCH3 is 1. The number of esters is 1. The van der Waals surface area contributed by atoms with Crippen LogP contribution in [0.2, 0.25) is 0 Å². The average Bonchev–Trinajstić information content (AvgIpc) is 2.81. The number of furan rings is 1. The van der Waals surface area contributed by atoms with Crippen molar-refractivity contribution in [1.82, 2.24) is 5.01 Å². The summed E-state index contributed by atoms with van der Waals surface area (Å²) >= 11 is 0. The first kappa shape index (κ1) is 16.7. The number of carbonyl (C=O) groups is 2. The molecule has 1 amide bonds. The van der Waals surface area contributed by atoms with Crippen LogP contribution in [-0.2, 0) is 20.7 Å². The number of hydrazone groups is 1. The summed E-state index contributed by atoms with van der Waals surface area (Å²) in [5.74, 6) is -0.0919. The molecule has 0 unspecified atom stereocenters. The molecule has 0 aliphatic rings. The van der Waals surface area contributed by atoms with Crippen molar-refractivity contribution in [3.8, 4) is 0 Å². The van der Waals surface area contributed by atoms with Gasteiger partial charge in [-0.15, -0.1) is 0 Å². The number of nitrogens with zero attached hydrogens (tertiary/aromatic N) is 2. The molecule has 2 rings (SSSR count). The van der Waals surface area contributed by atoms with E-state index in [4.69, 9.17) is 4.42 Å². The summed E-state index contributed by atoms with van der Waals surface area (Å²) < 4.78 is 10.3. The van der Waals surface area contributed by atoms with E-state index in [9.17, 15) is 9.59 Å². The summed E-state index contributed by atoms with van der Waals surface area (Å²) in [4.78, 5) is 23.7. The van der Waals surface area contributed by atoms with Crippen LogP contribution in [0.3, 0.4) is 0 Å². The summed E-state index contributed by atoms with van der Waals surface area (Å²) in [7, 11) is 2.78. The van der Waals surface area contributed by atoms with Crippen LogP contribution in [0.1, 0.15) is 23.8 Å². The number of hydrogen-bond donors (Lipinski definition) is 0. The molecule has 0 bridgehead atoms. The van der Waals surface area contributed by atoms with Gasteiger partial charge in [-0.3, -0.25) is 4.79 Å². The highest BCUT2D eigenvalue weighted by molar-refractivity contribution is 6.35. The van der Waals surface area contributed by atoms with Crippen molar-refractivity contribution in [1.29, 1.82) is 0 Å². The van der Waals surface area contributed by atoms with Crippen LogP contribution in [0.5, 0.6) is 0 Å². The van der Waals surface area contributed by atoms with Gasteiger partial charge in [0.05, 0.1) is 13.5 Å². The number of carbonyl (C=O) groups excluding carboxylic acids is 2. The Kier molecular flexibility index (Phi) is 4.83. The van der Waals surface area contributed by atoms with Gasteiger partial charge in [-0.1, -0.05) is 12.1 Å². The van der Waals surface area contributed by atoms with E-state index in [0.29, 0.717) is 5.76 Å². The van der Waals surface area contributed by atoms with E-state index in [-0.39, 0.29) is 18.0 Å². The molecule has 122 valence electrons. The van der Waals surface area contributed by atoms with Crippen molar-refractivity contribution in [3.63, 3.8) is 0 Å². The Morgan fingerprint density at radius 3 is 2.65 bits per heavy atom. The van der Waals surface area contributed by atoms with Crippen LogP contribution in [0.25, 0.3) is 11.0 Å². The van der Waals surface area contributed by atoms with Crippen LogP contribution in [0, 0.1) is 13.8 Å². The van der Waals surface area contributed by atoms with Crippen molar-refractivity contribution in [2.45, 2.75) is 27.2 Å². The molecule has 1 heterocycles. The van der Waals surface area contributed by atoms with Gasteiger partial charge in [-0.05, 0) is 32.4 Å². The fourth-order valence-electron chi connectivity index (χ4n) is 2.33. The maximum absolute atomic E-state index is 12.3. The lowest BCUT2D eigenvalue weighted by Gasteiger charge is -2.12. The van der Waals surface area contributed by atoms with Crippen molar-refractivity contribution in [3.05, 3.63) is 35.1 Å². The average molecular weight is 316 g/mol. The summed E-state index contributed by atoms with van der Waals surface area (Å²) in [6.07, 6.45) is 0.149. The first-order valence-corrected chi connectivity index (χ1v) is 7.22. The third-order valence-electron chi connectivity index (χ3n) is 3.62. The van der Waals surface area contributed by atoms with Gasteiger partial charge in [-0.25, -0.2) is 9.80 Å². The number of hydrogen-bond acceptors (Lipinski definition) is 5. The molecule has 0 saturated heterocycles. The predicted octanol–water partition coefficient (Wildman–Crippen LogP) is 2.60. The largest absolute Gasteiger partial charge is 0.464 e. The second-order valence-corrected chi connectivity index (χ2v) is 5.41. The summed E-state index contributed by atoms with van der Waals surface area (Å²) in [6, 6.07) is 5.88. The van der Waals surface area contributed by atoms with Gasteiger partial charge < -0.3 is 9.15 Å². The number of ether oxygens (including phenoxy) is 1. The van der Waals surface area contributed by atoms with E-state index in [1.54, 1.807) is 0 Å². The van der Waals surface area contributed by atoms with Gasteiger partial charge in [-0.2, -0.15) is 5.10 Å². The van der Waals surface area contributed by atoms with Crippen LogP contribution in [0.15, 0.2) is 27.7 Å². The van der Waals surface area contributed by atoms with Gasteiger partial charge in [0, 0.05) is 18.0 Å². The van der Waals surface area contributed by atoms with E-state index in [1.807, 2.05) is 32.0 Å². The molecule has 23 heavy (non-hydrogen) atoms. The third kappa shape index (κ3) is 3.59. The zero-order chi connectivity index (χ0) is 17.1. The molecule has 6 nitrogen and oxygen atoms in total. The lowest BCUT2D eigenvalue weighted by molar-refractivity contribution is -0.132. The molecule has 0 aliphatic carbocycles. The molecule has 0 aliphatic heterocycles. The van der Waals surface area contributed by atoms with E-state index >= 15 is 0 Å². The predicted molar refractivity (Wildman–Crippen MR) is 87.3 cm³/mol. The number of likely N-dealkylation sites (N-methyl/N-ethyl adjacent to an activating group) is 1. The quantitative estimate of drug-likeness (QED) is 0.494. The van der Waals surface area contributed by atoms with Crippen LogP contribution >= 0.6 is 0 Å². The molecular weight excluding hydrogens is 296 g/mol. The fraction of sp³-hybridized carbons (Fsp3) is 0.353. The Bertz CT molecular complexity index is 789. The van der Waals surface area contributed by atoms with Gasteiger partial charge in [0.1, 0.15) is 17.1 Å². The Morgan fingerprint density at radius 2 is 2.00 bits per heavy atom. The van der Waals surface area contributed by atoms with E-state index in [0.717, 1.165) is 27.1 Å². The molecular formula is C17H20N2O4. The molecule has 6 heteroatoms. The molecule has 0 saturated carbocycles. The molecule has 1 aromatic carbocycles. The molecule has 0 atom stereocenters. The molecule has 0 fully saturated rings. The lowest BCUT2D eigenvalue weighted by atomic mass is 10.1. The number of benzene rings is 1. The highest BCUT2D eigenvalue weighted by Gasteiger charge is 2.18. The maximum atomic E-state index is 12.3. The molecule has 2 aromatic rings. The van der Waals surface area contributed by atoms with E-state index in [2.05, 4.69) is 9.84 Å². The van der Waals surface area contributed by atoms with Gasteiger partial charge in [0.25, 0.3) is 0 Å². The number of fused-ring (bicyclic) bond motifs is 1. The summed E-state index contributed by atoms with van der Waals surface area (Å²) in [6.45, 7) is 5.32. The molecule has 0 N–H and O–H groups in total. The minimum Gasteiger partial charge on any atom is -0.464 e. The zero-order valence-electron chi connectivity index (χ0n) is 14.0. The SMILES string of the molecule is COC(=O)C(C)=NN(C)C(=O)Cc1c(C)oc2cc(C)ccc12. The Morgan fingerprint density at radius 1 is 1.30 bits per heavy atom. The summed E-state index contributed by atoms with van der Waals surface area (Å²) in [5.41, 5.74) is 2.82. The maximum Gasteiger partial charge on any atom is 0.353 e. The summed E-state index contributed by atoms with van der Waals surface area (Å²) in [5, 5.41) is 6.02. The fourth-order valence-corrected chi connectivity index (χ4v) is 2.33. The minimum absolute atomic E-state index is 0.118. The number of aryl methyl sites for hydroxylation is 2. The minimum atomic E-state index is -0.565. The van der Waals surface area contributed by atoms with Crippen molar-refractivity contribution < 1.29 is 18.7 Å². The molecule has 0 radical (unpaired) electrons.